The van der Waals surface area contributed by atoms with E-state index in [1.54, 1.807) is 18.2 Å². The third-order valence-corrected chi connectivity index (χ3v) is 4.41. The molecule has 0 spiro atoms. The van der Waals surface area contributed by atoms with Gasteiger partial charge in [0.2, 0.25) is 0 Å². The first kappa shape index (κ1) is 18.5. The van der Waals surface area contributed by atoms with Crippen LogP contribution < -0.4 is 15.1 Å². The Labute approximate surface area is 156 Å². The van der Waals surface area contributed by atoms with Gasteiger partial charge in [-0.25, -0.2) is 9.59 Å². The van der Waals surface area contributed by atoms with Crippen molar-refractivity contribution in [2.75, 3.05) is 14.2 Å². The van der Waals surface area contributed by atoms with Crippen LogP contribution in [-0.4, -0.2) is 20.2 Å². The zero-order chi connectivity index (χ0) is 19.6. The highest BCUT2D eigenvalue weighted by atomic mass is 16.5. The lowest BCUT2D eigenvalue weighted by atomic mass is 10.0. The van der Waals surface area contributed by atoms with Gasteiger partial charge in [-0.2, -0.15) is 0 Å². The highest BCUT2D eigenvalue weighted by Gasteiger charge is 2.13. The van der Waals surface area contributed by atoms with Crippen molar-refractivity contribution in [1.29, 1.82) is 0 Å². The van der Waals surface area contributed by atoms with Crippen LogP contribution in [0.4, 0.5) is 0 Å². The lowest BCUT2D eigenvalue weighted by Gasteiger charge is -2.13. The monoisotopic (exact) mass is 368 g/mol. The van der Waals surface area contributed by atoms with Gasteiger partial charge in [0.25, 0.3) is 0 Å². The number of esters is 1. The zero-order valence-electron chi connectivity index (χ0n) is 15.6. The van der Waals surface area contributed by atoms with Crippen LogP contribution in [0.15, 0.2) is 45.6 Å². The first-order valence-electron chi connectivity index (χ1n) is 8.36. The number of hydrogen-bond acceptors (Lipinski definition) is 6. The van der Waals surface area contributed by atoms with Gasteiger partial charge in [0, 0.05) is 17.0 Å². The van der Waals surface area contributed by atoms with Crippen molar-refractivity contribution in [2.45, 2.75) is 20.5 Å². The quantitative estimate of drug-likeness (QED) is 0.504. The van der Waals surface area contributed by atoms with E-state index >= 15 is 0 Å². The van der Waals surface area contributed by atoms with E-state index in [0.29, 0.717) is 28.2 Å². The molecule has 0 amide bonds. The van der Waals surface area contributed by atoms with Crippen molar-refractivity contribution in [1.82, 2.24) is 0 Å². The maximum atomic E-state index is 11.9. The van der Waals surface area contributed by atoms with Gasteiger partial charge in [-0.15, -0.1) is 0 Å². The number of methoxy groups -OCH3 is 2. The maximum Gasteiger partial charge on any atom is 0.337 e. The van der Waals surface area contributed by atoms with Crippen molar-refractivity contribution >= 4 is 16.9 Å². The summed E-state index contributed by atoms with van der Waals surface area (Å²) in [6.07, 6.45) is 0. The Morgan fingerprint density at radius 2 is 1.74 bits per heavy atom. The van der Waals surface area contributed by atoms with E-state index in [1.807, 2.05) is 26.0 Å². The van der Waals surface area contributed by atoms with Crippen LogP contribution in [0.1, 0.15) is 27.0 Å². The van der Waals surface area contributed by atoms with Gasteiger partial charge in [0.15, 0.2) is 11.5 Å². The zero-order valence-corrected chi connectivity index (χ0v) is 15.6. The minimum atomic E-state index is -0.461. The molecule has 0 N–H and O–H groups in total. The number of fused-ring (bicyclic) bond motifs is 1. The molecule has 2 aromatic carbocycles. The van der Waals surface area contributed by atoms with E-state index in [2.05, 4.69) is 0 Å². The molecule has 0 bridgehead atoms. The Balaban J connectivity index is 1.94. The average Bonchev–Trinajstić information content (AvgIpc) is 2.66. The van der Waals surface area contributed by atoms with Crippen LogP contribution in [0.2, 0.25) is 0 Å². The summed E-state index contributed by atoms with van der Waals surface area (Å²) in [6.45, 7) is 4.11. The number of hydrogen-bond donors (Lipinski definition) is 0. The summed E-state index contributed by atoms with van der Waals surface area (Å²) in [7, 11) is 2.80. The molecule has 3 rings (SSSR count). The lowest BCUT2D eigenvalue weighted by Crippen LogP contribution is -2.06. The summed E-state index contributed by atoms with van der Waals surface area (Å²) in [4.78, 5) is 23.5. The second-order valence-corrected chi connectivity index (χ2v) is 6.17. The summed E-state index contributed by atoms with van der Waals surface area (Å²) in [5.41, 5.74) is 3.30. The lowest BCUT2D eigenvalue weighted by molar-refractivity contribution is 0.0600. The summed E-state index contributed by atoms with van der Waals surface area (Å²) in [6, 6.07) is 10.0. The van der Waals surface area contributed by atoms with Crippen molar-refractivity contribution < 1.29 is 23.4 Å². The van der Waals surface area contributed by atoms with Gasteiger partial charge in [0.1, 0.15) is 12.2 Å². The first-order chi connectivity index (χ1) is 12.9. The molecule has 0 saturated carbocycles. The Morgan fingerprint density at radius 3 is 2.44 bits per heavy atom. The minimum Gasteiger partial charge on any atom is -0.493 e. The van der Waals surface area contributed by atoms with Gasteiger partial charge >= 0.3 is 11.6 Å². The summed E-state index contributed by atoms with van der Waals surface area (Å²) in [5.74, 6) is 0.393. The fourth-order valence-corrected chi connectivity index (χ4v) is 2.79. The van der Waals surface area contributed by atoms with Gasteiger partial charge in [-0.05, 0) is 55.3 Å². The Bertz CT molecular complexity index is 1060. The van der Waals surface area contributed by atoms with Crippen LogP contribution in [0, 0.1) is 13.8 Å². The number of benzene rings is 2. The molecule has 6 nitrogen and oxygen atoms in total. The van der Waals surface area contributed by atoms with Crippen molar-refractivity contribution in [3.8, 4) is 11.5 Å². The molecule has 1 heterocycles. The van der Waals surface area contributed by atoms with E-state index < -0.39 is 11.6 Å². The van der Waals surface area contributed by atoms with Crippen LogP contribution in [-0.2, 0) is 11.3 Å². The van der Waals surface area contributed by atoms with E-state index in [9.17, 15) is 9.59 Å². The van der Waals surface area contributed by atoms with Crippen molar-refractivity contribution in [3.63, 3.8) is 0 Å². The predicted molar refractivity (Wildman–Crippen MR) is 101 cm³/mol. The fourth-order valence-electron chi connectivity index (χ4n) is 2.79. The number of ether oxygens (including phenoxy) is 3. The molecule has 0 aliphatic rings. The summed E-state index contributed by atoms with van der Waals surface area (Å²) >= 11 is 0. The van der Waals surface area contributed by atoms with Crippen LogP contribution in [0.5, 0.6) is 11.5 Å². The van der Waals surface area contributed by atoms with Crippen LogP contribution in [0.3, 0.4) is 0 Å². The van der Waals surface area contributed by atoms with E-state index in [0.717, 1.165) is 16.5 Å². The number of rotatable bonds is 5. The highest BCUT2D eigenvalue weighted by molar-refractivity contribution is 5.90. The van der Waals surface area contributed by atoms with Gasteiger partial charge < -0.3 is 18.6 Å². The SMILES string of the molecule is COC(=O)c1ccc(OCc2cc(=O)oc3cc(C)c(C)cc23)c(OC)c1. The topological polar surface area (TPSA) is 75.0 Å². The van der Waals surface area contributed by atoms with Gasteiger partial charge in [-0.3, -0.25) is 0 Å². The molecule has 1 aromatic heterocycles. The Hall–Kier alpha value is -3.28. The van der Waals surface area contributed by atoms with Crippen molar-refractivity contribution in [2.24, 2.45) is 0 Å². The molecule has 0 aliphatic heterocycles. The van der Waals surface area contributed by atoms with E-state index in [-0.39, 0.29) is 6.61 Å². The predicted octanol–water partition coefficient (Wildman–Crippen LogP) is 3.78. The molecule has 27 heavy (non-hydrogen) atoms. The first-order valence-corrected chi connectivity index (χ1v) is 8.36. The maximum absolute atomic E-state index is 11.9. The van der Waals surface area contributed by atoms with Crippen LogP contribution in [0.25, 0.3) is 11.0 Å². The second-order valence-electron chi connectivity index (χ2n) is 6.17. The molecule has 0 atom stereocenters. The minimum absolute atomic E-state index is 0.151. The molecular weight excluding hydrogens is 348 g/mol. The normalized spacial score (nSPS) is 10.7. The largest absolute Gasteiger partial charge is 0.493 e. The molecule has 0 unspecified atom stereocenters. The molecule has 0 aliphatic carbocycles. The molecular formula is C21H20O6. The molecule has 6 heteroatoms. The second kappa shape index (κ2) is 7.53. The third kappa shape index (κ3) is 3.79. The van der Waals surface area contributed by atoms with Crippen LogP contribution >= 0.6 is 0 Å². The van der Waals surface area contributed by atoms with Gasteiger partial charge in [-0.1, -0.05) is 0 Å². The molecule has 0 fully saturated rings. The molecule has 3 aromatic rings. The summed E-state index contributed by atoms with van der Waals surface area (Å²) < 4.78 is 21.2. The Morgan fingerprint density at radius 1 is 1.00 bits per heavy atom. The molecule has 0 saturated heterocycles. The smallest absolute Gasteiger partial charge is 0.337 e. The fraction of sp³-hybridized carbons (Fsp3) is 0.238. The Kier molecular flexibility index (Phi) is 5.16. The molecule has 140 valence electrons. The average molecular weight is 368 g/mol. The van der Waals surface area contributed by atoms with Gasteiger partial charge in [0.05, 0.1) is 19.8 Å². The highest BCUT2D eigenvalue weighted by Crippen LogP contribution is 2.30. The number of aryl methyl sites for hydroxylation is 2. The third-order valence-electron chi connectivity index (χ3n) is 4.41. The summed E-state index contributed by atoms with van der Waals surface area (Å²) in [5, 5.41) is 0.822. The van der Waals surface area contributed by atoms with Crippen molar-refractivity contribution in [3.05, 3.63) is 69.1 Å². The standard InChI is InChI=1S/C21H20O6/c1-12-7-16-15(10-20(22)27-18(16)8-13(12)2)11-26-17-6-5-14(21(23)25-4)9-19(17)24-3/h5-10H,11H2,1-4H3. The number of carbonyl (C=O) groups excluding carboxylic acids is 1. The van der Waals surface area contributed by atoms with E-state index in [1.165, 1.54) is 20.3 Å². The van der Waals surface area contributed by atoms with E-state index in [4.69, 9.17) is 18.6 Å². The molecule has 0 radical (unpaired) electrons. The number of carbonyl (C=O) groups is 1.